The first-order valence-electron chi connectivity index (χ1n) is 5.89. The van der Waals surface area contributed by atoms with Gasteiger partial charge in [0.15, 0.2) is 0 Å². The van der Waals surface area contributed by atoms with E-state index in [1.807, 2.05) is 0 Å². The van der Waals surface area contributed by atoms with Crippen molar-refractivity contribution in [3.05, 3.63) is 73.0 Å². The van der Waals surface area contributed by atoms with E-state index in [1.165, 1.54) is 0 Å². The largest absolute Gasteiger partial charge is 0.415 e. The van der Waals surface area contributed by atoms with Crippen LogP contribution >= 0.6 is 11.6 Å². The molecule has 2 rings (SSSR count). The molecular weight excluding hydrogens is 335 g/mol. The molecule has 0 saturated heterocycles. The van der Waals surface area contributed by atoms with Gasteiger partial charge in [0.25, 0.3) is 5.69 Å². The number of carbonyl (C=O) groups excluding carboxylic acids is 1. The zero-order valence-electron chi connectivity index (χ0n) is 11.1. The van der Waals surface area contributed by atoms with E-state index in [0.29, 0.717) is 6.07 Å². The number of halogens is 2. The maximum absolute atomic E-state index is 13.2. The number of nitro groups is 2. The summed E-state index contributed by atoms with van der Waals surface area (Å²) in [6.45, 7) is 0. The highest BCUT2D eigenvalue weighted by molar-refractivity contribution is 6.33. The van der Waals surface area contributed by atoms with Gasteiger partial charge in [0.2, 0.25) is 5.75 Å². The van der Waals surface area contributed by atoms with Crippen molar-refractivity contribution < 1.29 is 23.8 Å². The van der Waals surface area contributed by atoms with E-state index in [9.17, 15) is 29.4 Å². The first kappa shape index (κ1) is 16.3. The molecule has 0 saturated carbocycles. The van der Waals surface area contributed by atoms with Gasteiger partial charge in [-0.25, -0.2) is 9.18 Å². The minimum atomic E-state index is -1.11. The Kier molecular flexibility index (Phi) is 4.51. The van der Waals surface area contributed by atoms with Gasteiger partial charge in [-0.2, -0.15) is 0 Å². The topological polar surface area (TPSA) is 113 Å². The van der Waals surface area contributed by atoms with E-state index in [-0.39, 0.29) is 16.3 Å². The first-order chi connectivity index (χ1) is 10.8. The Morgan fingerprint density at radius 3 is 2.35 bits per heavy atom. The van der Waals surface area contributed by atoms with Crippen molar-refractivity contribution in [3.8, 4) is 5.75 Å². The molecule has 0 unspecified atom stereocenters. The van der Waals surface area contributed by atoms with Gasteiger partial charge in [-0.3, -0.25) is 20.2 Å². The molecule has 0 spiro atoms. The summed E-state index contributed by atoms with van der Waals surface area (Å²) in [7, 11) is 0. The highest BCUT2D eigenvalue weighted by Crippen LogP contribution is 2.30. The van der Waals surface area contributed by atoms with Crippen molar-refractivity contribution in [1.29, 1.82) is 0 Å². The maximum Gasteiger partial charge on any atom is 0.345 e. The van der Waals surface area contributed by atoms with Gasteiger partial charge in [-0.1, -0.05) is 11.6 Å². The summed E-state index contributed by atoms with van der Waals surface area (Å²) in [4.78, 5) is 31.8. The normalized spacial score (nSPS) is 10.2. The van der Waals surface area contributed by atoms with Gasteiger partial charge in [0, 0.05) is 24.3 Å². The Hall–Kier alpha value is -3.07. The summed E-state index contributed by atoms with van der Waals surface area (Å²) >= 11 is 5.75. The van der Waals surface area contributed by atoms with Crippen molar-refractivity contribution in [2.75, 3.05) is 0 Å². The monoisotopic (exact) mass is 340 g/mol. The Balaban J connectivity index is 2.35. The summed E-state index contributed by atoms with van der Waals surface area (Å²) in [5, 5.41) is 21.2. The molecule has 0 fully saturated rings. The van der Waals surface area contributed by atoms with E-state index >= 15 is 0 Å². The molecule has 0 aliphatic carbocycles. The fourth-order valence-corrected chi connectivity index (χ4v) is 1.91. The lowest BCUT2D eigenvalue weighted by molar-refractivity contribution is -0.385. The summed E-state index contributed by atoms with van der Waals surface area (Å²) in [6, 6.07) is 5.34. The number of benzene rings is 2. The van der Waals surface area contributed by atoms with Crippen LogP contribution in [0.2, 0.25) is 5.02 Å². The molecule has 0 heterocycles. The fraction of sp³-hybridized carbons (Fsp3) is 0. The number of ether oxygens (including phenoxy) is 1. The van der Waals surface area contributed by atoms with E-state index in [1.54, 1.807) is 0 Å². The molecule has 23 heavy (non-hydrogen) atoms. The Morgan fingerprint density at radius 2 is 1.78 bits per heavy atom. The maximum atomic E-state index is 13.2. The Morgan fingerprint density at radius 1 is 1.09 bits per heavy atom. The molecule has 0 radical (unpaired) electrons. The van der Waals surface area contributed by atoms with Gasteiger partial charge in [-0.15, -0.1) is 0 Å². The molecule has 8 nitrogen and oxygen atoms in total. The lowest BCUT2D eigenvalue weighted by atomic mass is 10.2. The number of non-ortho nitro benzene ring substituents is 1. The van der Waals surface area contributed by atoms with Crippen molar-refractivity contribution in [1.82, 2.24) is 0 Å². The first-order valence-corrected chi connectivity index (χ1v) is 6.27. The second kappa shape index (κ2) is 6.36. The van der Waals surface area contributed by atoms with E-state index in [2.05, 4.69) is 0 Å². The van der Waals surface area contributed by atoms with Crippen molar-refractivity contribution in [2.24, 2.45) is 0 Å². The Bertz CT molecular complexity index is 826. The highest BCUT2D eigenvalue weighted by atomic mass is 35.5. The van der Waals surface area contributed by atoms with Crippen LogP contribution in [0.15, 0.2) is 36.4 Å². The smallest absolute Gasteiger partial charge is 0.345 e. The third-order valence-electron chi connectivity index (χ3n) is 2.70. The van der Waals surface area contributed by atoms with Crippen LogP contribution < -0.4 is 4.74 Å². The van der Waals surface area contributed by atoms with Gasteiger partial charge >= 0.3 is 11.7 Å². The second-order valence-corrected chi connectivity index (χ2v) is 4.59. The molecule has 0 bridgehead atoms. The molecule has 0 atom stereocenters. The molecule has 118 valence electrons. The summed E-state index contributed by atoms with van der Waals surface area (Å²) in [6.07, 6.45) is 0. The van der Waals surface area contributed by atoms with Crippen molar-refractivity contribution >= 4 is 28.9 Å². The van der Waals surface area contributed by atoms with Gasteiger partial charge < -0.3 is 4.74 Å². The summed E-state index contributed by atoms with van der Waals surface area (Å²) in [5.41, 5.74) is -1.21. The van der Waals surface area contributed by atoms with Crippen LogP contribution in [-0.2, 0) is 0 Å². The van der Waals surface area contributed by atoms with Crippen molar-refractivity contribution in [3.63, 3.8) is 0 Å². The molecule has 2 aromatic carbocycles. The zero-order chi connectivity index (χ0) is 17.1. The lowest BCUT2D eigenvalue weighted by Gasteiger charge is -2.06. The number of nitrogens with zero attached hydrogens (tertiary/aromatic N) is 2. The molecule has 0 aliphatic heterocycles. The minimum Gasteiger partial charge on any atom is -0.415 e. The average Bonchev–Trinajstić information content (AvgIpc) is 2.46. The van der Waals surface area contributed by atoms with E-state index in [0.717, 1.165) is 30.3 Å². The molecule has 2 aromatic rings. The highest BCUT2D eigenvalue weighted by Gasteiger charge is 2.22. The molecule has 0 aromatic heterocycles. The van der Waals surface area contributed by atoms with Gasteiger partial charge in [-0.05, 0) is 12.1 Å². The molecule has 0 amide bonds. The van der Waals surface area contributed by atoms with Crippen LogP contribution in [0.25, 0.3) is 0 Å². The summed E-state index contributed by atoms with van der Waals surface area (Å²) in [5.74, 6) is -2.55. The Labute approximate surface area is 132 Å². The van der Waals surface area contributed by atoms with Crippen LogP contribution in [0, 0.1) is 26.0 Å². The van der Waals surface area contributed by atoms with Crippen LogP contribution in [-0.4, -0.2) is 15.8 Å². The van der Waals surface area contributed by atoms with E-state index < -0.39 is 33.1 Å². The predicted octanol–water partition coefficient (Wildman–Crippen LogP) is 3.51. The van der Waals surface area contributed by atoms with Crippen molar-refractivity contribution in [2.45, 2.75) is 0 Å². The van der Waals surface area contributed by atoms with E-state index in [4.69, 9.17) is 16.3 Å². The number of hydrogen-bond acceptors (Lipinski definition) is 6. The fourth-order valence-electron chi connectivity index (χ4n) is 1.66. The second-order valence-electron chi connectivity index (χ2n) is 4.18. The predicted molar refractivity (Wildman–Crippen MR) is 76.1 cm³/mol. The van der Waals surface area contributed by atoms with Crippen LogP contribution in [0.4, 0.5) is 15.8 Å². The molecule has 10 heteroatoms. The summed E-state index contributed by atoms with van der Waals surface area (Å²) < 4.78 is 17.9. The number of carbonyl (C=O) groups is 1. The SMILES string of the molecule is O=C(Oc1cc(F)ccc1[N+](=O)[O-])c1ccc([N+](=O)[O-])cc1Cl. The van der Waals surface area contributed by atoms with Crippen LogP contribution in [0.5, 0.6) is 5.75 Å². The third-order valence-corrected chi connectivity index (χ3v) is 3.02. The van der Waals surface area contributed by atoms with Gasteiger partial charge in [0.05, 0.1) is 20.4 Å². The molecule has 0 N–H and O–H groups in total. The minimum absolute atomic E-state index is 0.254. The van der Waals surface area contributed by atoms with Crippen LogP contribution in [0.3, 0.4) is 0 Å². The number of rotatable bonds is 4. The molecule has 0 aliphatic rings. The van der Waals surface area contributed by atoms with Gasteiger partial charge in [0.1, 0.15) is 5.82 Å². The lowest BCUT2D eigenvalue weighted by Crippen LogP contribution is -2.11. The van der Waals surface area contributed by atoms with Crippen LogP contribution in [0.1, 0.15) is 10.4 Å². The number of nitro benzene ring substituents is 2. The quantitative estimate of drug-likeness (QED) is 0.364. The zero-order valence-corrected chi connectivity index (χ0v) is 11.8. The molecular formula is C13H6ClFN2O6. The standard InChI is InChI=1S/C13H6ClFN2O6/c14-10-6-8(16(19)20)2-3-9(10)13(18)23-12-5-7(15)1-4-11(12)17(21)22/h1-6H. The third kappa shape index (κ3) is 3.58. The number of hydrogen-bond donors (Lipinski definition) is 0. The average molecular weight is 341 g/mol. The number of esters is 1.